The van der Waals surface area contributed by atoms with Gasteiger partial charge in [0.1, 0.15) is 0 Å². The van der Waals surface area contributed by atoms with Crippen LogP contribution in [0.1, 0.15) is 10.6 Å². The molecular formula is C10H12N2S. The molecule has 1 aromatic rings. The minimum absolute atomic E-state index is 0.665. The number of hydrogen-bond acceptors (Lipinski definition) is 3. The van der Waals surface area contributed by atoms with E-state index in [9.17, 15) is 0 Å². The molecule has 1 aliphatic carbocycles. The molecule has 2 atom stereocenters. The Morgan fingerprint density at radius 2 is 2.46 bits per heavy atom. The Morgan fingerprint density at radius 1 is 1.46 bits per heavy atom. The Labute approximate surface area is 81.7 Å². The summed E-state index contributed by atoms with van der Waals surface area (Å²) in [6.45, 7) is 1.04. The fourth-order valence-corrected chi connectivity index (χ4v) is 3.09. The van der Waals surface area contributed by atoms with E-state index in [0.717, 1.165) is 13.0 Å². The molecule has 3 rings (SSSR count). The number of rotatable bonds is 0. The first-order valence-electron chi connectivity index (χ1n) is 4.75. The Morgan fingerprint density at radius 3 is 3.46 bits per heavy atom. The van der Waals surface area contributed by atoms with Crippen molar-refractivity contribution in [1.82, 2.24) is 10.3 Å². The van der Waals surface area contributed by atoms with Crippen LogP contribution in [0.25, 0.3) is 0 Å². The Balaban J connectivity index is 1.95. The SMILES string of the molecule is C1=C[C@@H]2Cc3ncsc3C[C@H]2NC1. The lowest BCUT2D eigenvalue weighted by Gasteiger charge is -2.32. The van der Waals surface area contributed by atoms with Crippen LogP contribution in [0.4, 0.5) is 0 Å². The maximum absolute atomic E-state index is 4.40. The molecule has 1 aromatic heterocycles. The highest BCUT2D eigenvalue weighted by Gasteiger charge is 2.29. The zero-order valence-corrected chi connectivity index (χ0v) is 8.18. The predicted octanol–water partition coefficient (Wildman–Crippen LogP) is 1.39. The van der Waals surface area contributed by atoms with Crippen molar-refractivity contribution in [2.45, 2.75) is 18.9 Å². The summed E-state index contributed by atoms with van der Waals surface area (Å²) >= 11 is 1.81. The predicted molar refractivity (Wildman–Crippen MR) is 53.9 cm³/mol. The summed E-state index contributed by atoms with van der Waals surface area (Å²) in [6, 6.07) is 0.665. The van der Waals surface area contributed by atoms with Gasteiger partial charge < -0.3 is 5.32 Å². The Bertz CT molecular complexity index is 342. The van der Waals surface area contributed by atoms with Crippen molar-refractivity contribution in [1.29, 1.82) is 0 Å². The number of nitrogens with zero attached hydrogens (tertiary/aromatic N) is 1. The number of aromatic nitrogens is 1. The van der Waals surface area contributed by atoms with Crippen molar-refractivity contribution in [3.05, 3.63) is 28.2 Å². The molecule has 0 bridgehead atoms. The van der Waals surface area contributed by atoms with Crippen LogP contribution in [0, 0.1) is 5.92 Å². The van der Waals surface area contributed by atoms with Crippen LogP contribution < -0.4 is 5.32 Å². The lowest BCUT2D eigenvalue weighted by molar-refractivity contribution is 0.382. The topological polar surface area (TPSA) is 24.9 Å². The normalized spacial score (nSPS) is 31.1. The average molecular weight is 192 g/mol. The van der Waals surface area contributed by atoms with E-state index in [2.05, 4.69) is 22.5 Å². The molecule has 0 aromatic carbocycles. The van der Waals surface area contributed by atoms with E-state index in [1.165, 1.54) is 17.0 Å². The zero-order valence-electron chi connectivity index (χ0n) is 7.36. The number of hydrogen-bond donors (Lipinski definition) is 1. The van der Waals surface area contributed by atoms with Crippen molar-refractivity contribution >= 4 is 11.3 Å². The highest BCUT2D eigenvalue weighted by atomic mass is 32.1. The van der Waals surface area contributed by atoms with Gasteiger partial charge in [0.25, 0.3) is 0 Å². The van der Waals surface area contributed by atoms with E-state index in [4.69, 9.17) is 0 Å². The van der Waals surface area contributed by atoms with Gasteiger partial charge in [0.15, 0.2) is 0 Å². The molecular weight excluding hydrogens is 180 g/mol. The first-order valence-corrected chi connectivity index (χ1v) is 5.63. The lowest BCUT2D eigenvalue weighted by Crippen LogP contribution is -2.43. The van der Waals surface area contributed by atoms with Crippen LogP contribution >= 0.6 is 11.3 Å². The van der Waals surface area contributed by atoms with E-state index in [1.807, 2.05) is 5.51 Å². The second-order valence-electron chi connectivity index (χ2n) is 3.74. The highest BCUT2D eigenvalue weighted by molar-refractivity contribution is 7.09. The first kappa shape index (κ1) is 7.71. The van der Waals surface area contributed by atoms with Gasteiger partial charge in [-0.25, -0.2) is 4.98 Å². The van der Waals surface area contributed by atoms with E-state index in [-0.39, 0.29) is 0 Å². The standard InChI is InChI=1S/C10H12N2S/c1-2-7-4-9-10(13-6-12-9)5-8(7)11-3-1/h1-2,6-8,11H,3-5H2/t7-,8-/m1/s1. The fraction of sp³-hybridized carbons (Fsp3) is 0.500. The smallest absolute Gasteiger partial charge is 0.0797 e. The van der Waals surface area contributed by atoms with Gasteiger partial charge in [-0.3, -0.25) is 0 Å². The van der Waals surface area contributed by atoms with E-state index >= 15 is 0 Å². The molecule has 2 aliphatic rings. The van der Waals surface area contributed by atoms with Crippen molar-refractivity contribution in [3.8, 4) is 0 Å². The summed E-state index contributed by atoms with van der Waals surface area (Å²) < 4.78 is 0. The van der Waals surface area contributed by atoms with Gasteiger partial charge in [-0.1, -0.05) is 12.2 Å². The van der Waals surface area contributed by atoms with Crippen molar-refractivity contribution < 1.29 is 0 Å². The van der Waals surface area contributed by atoms with Crippen molar-refractivity contribution in [3.63, 3.8) is 0 Å². The molecule has 0 spiro atoms. The summed E-state index contributed by atoms with van der Waals surface area (Å²) in [5.74, 6) is 0.684. The molecule has 2 heterocycles. The third kappa shape index (κ3) is 1.23. The third-order valence-corrected chi connectivity index (χ3v) is 3.86. The molecule has 0 saturated carbocycles. The van der Waals surface area contributed by atoms with Crippen molar-refractivity contribution in [2.75, 3.05) is 6.54 Å². The number of fused-ring (bicyclic) bond motifs is 2. The van der Waals surface area contributed by atoms with Gasteiger partial charge in [-0.2, -0.15) is 0 Å². The molecule has 2 nitrogen and oxygen atoms in total. The minimum Gasteiger partial charge on any atom is -0.310 e. The molecule has 0 saturated heterocycles. The fourth-order valence-electron chi connectivity index (χ4n) is 2.23. The molecule has 0 radical (unpaired) electrons. The summed E-state index contributed by atoms with van der Waals surface area (Å²) in [5, 5.41) is 3.54. The number of nitrogens with one attached hydrogen (secondary N) is 1. The maximum Gasteiger partial charge on any atom is 0.0797 e. The molecule has 0 amide bonds. The van der Waals surface area contributed by atoms with E-state index < -0.39 is 0 Å². The van der Waals surface area contributed by atoms with Gasteiger partial charge in [0.2, 0.25) is 0 Å². The van der Waals surface area contributed by atoms with Crippen molar-refractivity contribution in [2.24, 2.45) is 5.92 Å². The van der Waals surface area contributed by atoms with Crippen LogP contribution in [-0.4, -0.2) is 17.6 Å². The Hall–Kier alpha value is -0.670. The second kappa shape index (κ2) is 2.93. The molecule has 68 valence electrons. The zero-order chi connectivity index (χ0) is 8.67. The van der Waals surface area contributed by atoms with Crippen LogP contribution in [0.5, 0.6) is 0 Å². The van der Waals surface area contributed by atoms with E-state index in [0.29, 0.717) is 12.0 Å². The summed E-state index contributed by atoms with van der Waals surface area (Å²) in [7, 11) is 0. The van der Waals surface area contributed by atoms with Gasteiger partial charge in [0, 0.05) is 17.5 Å². The summed E-state index contributed by atoms with van der Waals surface area (Å²) in [6.07, 6.45) is 6.89. The Kier molecular flexibility index (Phi) is 1.73. The highest BCUT2D eigenvalue weighted by Crippen LogP contribution is 2.29. The minimum atomic E-state index is 0.665. The van der Waals surface area contributed by atoms with Gasteiger partial charge in [0.05, 0.1) is 11.2 Å². The molecule has 3 heteroatoms. The molecule has 0 unspecified atom stereocenters. The third-order valence-electron chi connectivity index (χ3n) is 2.96. The van der Waals surface area contributed by atoms with E-state index in [1.54, 1.807) is 11.3 Å². The molecule has 13 heavy (non-hydrogen) atoms. The van der Waals surface area contributed by atoms with Gasteiger partial charge in [-0.05, 0) is 18.8 Å². The van der Waals surface area contributed by atoms with Gasteiger partial charge in [-0.15, -0.1) is 11.3 Å². The van der Waals surface area contributed by atoms with Crippen LogP contribution in [-0.2, 0) is 12.8 Å². The van der Waals surface area contributed by atoms with Crippen LogP contribution in [0.2, 0.25) is 0 Å². The molecule has 1 N–H and O–H groups in total. The quantitative estimate of drug-likeness (QED) is 0.628. The molecule has 0 fully saturated rings. The van der Waals surface area contributed by atoms with Crippen LogP contribution in [0.15, 0.2) is 17.7 Å². The lowest BCUT2D eigenvalue weighted by atomic mass is 9.84. The first-order chi connectivity index (χ1) is 6.43. The average Bonchev–Trinajstić information content (AvgIpc) is 2.61. The molecule has 1 aliphatic heterocycles. The summed E-state index contributed by atoms with van der Waals surface area (Å²) in [4.78, 5) is 5.89. The van der Waals surface area contributed by atoms with Crippen LogP contribution in [0.3, 0.4) is 0 Å². The monoisotopic (exact) mass is 192 g/mol. The maximum atomic E-state index is 4.40. The summed E-state index contributed by atoms with van der Waals surface area (Å²) in [5.41, 5.74) is 3.31. The van der Waals surface area contributed by atoms with Gasteiger partial charge >= 0.3 is 0 Å². The number of thiazole rings is 1. The second-order valence-corrected chi connectivity index (χ2v) is 4.68. The largest absolute Gasteiger partial charge is 0.310 e.